The van der Waals surface area contributed by atoms with E-state index in [1.54, 1.807) is 12.1 Å². The highest BCUT2D eigenvalue weighted by Crippen LogP contribution is 2.34. The number of rotatable bonds is 1. The van der Waals surface area contributed by atoms with Gasteiger partial charge < -0.3 is 9.47 Å². The van der Waals surface area contributed by atoms with Crippen molar-refractivity contribution in [1.82, 2.24) is 0 Å². The predicted molar refractivity (Wildman–Crippen MR) is 60.3 cm³/mol. The van der Waals surface area contributed by atoms with Gasteiger partial charge in [0.15, 0.2) is 11.5 Å². The molecular weight excluding hydrogens is 302 g/mol. The van der Waals surface area contributed by atoms with E-state index in [1.165, 1.54) is 0 Å². The van der Waals surface area contributed by atoms with Crippen LogP contribution in [-0.4, -0.2) is 17.1 Å². The van der Waals surface area contributed by atoms with E-state index in [4.69, 9.17) is 21.1 Å². The van der Waals surface area contributed by atoms with Crippen LogP contribution in [0.1, 0.15) is 0 Å². The van der Waals surface area contributed by atoms with E-state index in [0.29, 0.717) is 11.6 Å². The zero-order chi connectivity index (χ0) is 9.26. The van der Waals surface area contributed by atoms with Gasteiger partial charge in [0.1, 0.15) is 12.7 Å². The fraction of sp³-hybridized carbons (Fsp3) is 0.333. The molecule has 1 aromatic carbocycles. The number of halogens is 2. The third-order valence-corrected chi connectivity index (χ3v) is 3.01. The highest BCUT2D eigenvalue weighted by molar-refractivity contribution is 14.1. The maximum atomic E-state index is 5.81. The number of benzene rings is 1. The van der Waals surface area contributed by atoms with E-state index in [1.807, 2.05) is 6.07 Å². The molecule has 0 saturated heterocycles. The van der Waals surface area contributed by atoms with Crippen molar-refractivity contribution in [3.05, 3.63) is 23.2 Å². The molecule has 0 unspecified atom stereocenters. The van der Waals surface area contributed by atoms with Crippen molar-refractivity contribution in [3.8, 4) is 11.5 Å². The quantitative estimate of drug-likeness (QED) is 0.586. The molecule has 1 aliphatic heterocycles. The van der Waals surface area contributed by atoms with Gasteiger partial charge in [-0.05, 0) is 12.1 Å². The Labute approximate surface area is 95.3 Å². The number of alkyl halides is 1. The van der Waals surface area contributed by atoms with Gasteiger partial charge in [-0.3, -0.25) is 0 Å². The smallest absolute Gasteiger partial charge is 0.162 e. The van der Waals surface area contributed by atoms with Crippen LogP contribution in [0.5, 0.6) is 11.5 Å². The first-order valence-corrected chi connectivity index (χ1v) is 5.85. The van der Waals surface area contributed by atoms with Gasteiger partial charge in [0.05, 0.1) is 0 Å². The first-order chi connectivity index (χ1) is 6.29. The van der Waals surface area contributed by atoms with Crippen LogP contribution >= 0.6 is 34.2 Å². The molecule has 0 fully saturated rings. The summed E-state index contributed by atoms with van der Waals surface area (Å²) in [6, 6.07) is 5.43. The van der Waals surface area contributed by atoms with Gasteiger partial charge >= 0.3 is 0 Å². The minimum absolute atomic E-state index is 0.161. The maximum absolute atomic E-state index is 5.81. The number of fused-ring (bicyclic) bond motifs is 1. The molecule has 13 heavy (non-hydrogen) atoms. The van der Waals surface area contributed by atoms with Gasteiger partial charge in [0, 0.05) is 15.5 Å². The largest absolute Gasteiger partial charge is 0.486 e. The summed E-state index contributed by atoms with van der Waals surface area (Å²) in [4.78, 5) is 0. The van der Waals surface area contributed by atoms with Crippen LogP contribution in [0, 0.1) is 0 Å². The van der Waals surface area contributed by atoms with Crippen molar-refractivity contribution in [2.24, 2.45) is 0 Å². The van der Waals surface area contributed by atoms with Crippen LogP contribution in [0.3, 0.4) is 0 Å². The second-order valence-corrected chi connectivity index (χ2v) is 4.11. The Hall–Kier alpha value is -0.160. The third-order valence-electron chi connectivity index (χ3n) is 1.80. The Morgan fingerprint density at radius 1 is 1.46 bits per heavy atom. The molecule has 0 saturated carbocycles. The molecule has 4 heteroatoms. The summed E-state index contributed by atoms with van der Waals surface area (Å²) in [5.41, 5.74) is 0. The average Bonchev–Trinajstić information content (AvgIpc) is 2.17. The van der Waals surface area contributed by atoms with Gasteiger partial charge in [-0.2, -0.15) is 0 Å². The van der Waals surface area contributed by atoms with E-state index < -0.39 is 0 Å². The predicted octanol–water partition coefficient (Wildman–Crippen LogP) is 2.91. The Morgan fingerprint density at radius 3 is 3.08 bits per heavy atom. The van der Waals surface area contributed by atoms with Gasteiger partial charge in [0.2, 0.25) is 0 Å². The van der Waals surface area contributed by atoms with Gasteiger partial charge in [0.25, 0.3) is 0 Å². The normalized spacial score (nSPS) is 20.0. The van der Waals surface area contributed by atoms with E-state index in [9.17, 15) is 0 Å². The zero-order valence-electron chi connectivity index (χ0n) is 6.80. The summed E-state index contributed by atoms with van der Waals surface area (Å²) in [7, 11) is 0. The summed E-state index contributed by atoms with van der Waals surface area (Å²) >= 11 is 8.09. The summed E-state index contributed by atoms with van der Waals surface area (Å²) in [6.45, 7) is 0.607. The molecule has 0 aliphatic carbocycles. The molecule has 0 spiro atoms. The summed E-state index contributed by atoms with van der Waals surface area (Å²) < 4.78 is 12.1. The van der Waals surface area contributed by atoms with Crippen molar-refractivity contribution in [3.63, 3.8) is 0 Å². The number of ether oxygens (including phenoxy) is 2. The number of hydrogen-bond donors (Lipinski definition) is 0. The van der Waals surface area contributed by atoms with Crippen LogP contribution in [0.4, 0.5) is 0 Å². The maximum Gasteiger partial charge on any atom is 0.162 e. The van der Waals surface area contributed by atoms with Crippen LogP contribution in [0.15, 0.2) is 18.2 Å². The topological polar surface area (TPSA) is 18.5 Å². The van der Waals surface area contributed by atoms with Crippen molar-refractivity contribution >= 4 is 34.2 Å². The van der Waals surface area contributed by atoms with Crippen molar-refractivity contribution < 1.29 is 9.47 Å². The van der Waals surface area contributed by atoms with E-state index in [0.717, 1.165) is 15.9 Å². The lowest BCUT2D eigenvalue weighted by molar-refractivity contribution is 0.109. The zero-order valence-corrected chi connectivity index (χ0v) is 9.71. The lowest BCUT2D eigenvalue weighted by Gasteiger charge is -2.25. The molecule has 2 nitrogen and oxygen atoms in total. The standard InChI is InChI=1S/C9H8ClIO2/c10-6-1-2-8-9(3-6)12-5-7(4-11)13-8/h1-3,7H,4-5H2/t7-/m0/s1. The highest BCUT2D eigenvalue weighted by Gasteiger charge is 2.19. The van der Waals surface area contributed by atoms with Crippen LogP contribution in [-0.2, 0) is 0 Å². The molecule has 0 aromatic heterocycles. The van der Waals surface area contributed by atoms with Gasteiger partial charge in [-0.15, -0.1) is 0 Å². The minimum atomic E-state index is 0.161. The first kappa shape index (κ1) is 9.40. The summed E-state index contributed by atoms with van der Waals surface area (Å²) in [5.74, 6) is 1.53. The molecule has 1 aromatic rings. The molecule has 0 N–H and O–H groups in total. The highest BCUT2D eigenvalue weighted by atomic mass is 127. The fourth-order valence-electron chi connectivity index (χ4n) is 1.16. The van der Waals surface area contributed by atoms with Crippen molar-refractivity contribution in [1.29, 1.82) is 0 Å². The Bertz CT molecular complexity index is 316. The van der Waals surface area contributed by atoms with Crippen LogP contribution in [0.2, 0.25) is 5.02 Å². The van der Waals surface area contributed by atoms with E-state index in [-0.39, 0.29) is 6.10 Å². The molecule has 0 bridgehead atoms. The second kappa shape index (κ2) is 3.92. The van der Waals surface area contributed by atoms with Crippen molar-refractivity contribution in [2.75, 3.05) is 11.0 Å². The first-order valence-electron chi connectivity index (χ1n) is 3.94. The molecule has 0 radical (unpaired) electrons. The van der Waals surface area contributed by atoms with Crippen LogP contribution in [0.25, 0.3) is 0 Å². The molecular formula is C9H8ClIO2. The monoisotopic (exact) mass is 310 g/mol. The van der Waals surface area contributed by atoms with E-state index >= 15 is 0 Å². The number of hydrogen-bond acceptors (Lipinski definition) is 2. The molecule has 1 heterocycles. The summed E-state index contributed by atoms with van der Waals surface area (Å²) in [5, 5.41) is 0.676. The van der Waals surface area contributed by atoms with Gasteiger partial charge in [-0.25, -0.2) is 0 Å². The van der Waals surface area contributed by atoms with Crippen LogP contribution < -0.4 is 9.47 Å². The SMILES string of the molecule is Clc1ccc2c(c1)OC[C@H](CI)O2. The Kier molecular flexibility index (Phi) is 2.83. The second-order valence-electron chi connectivity index (χ2n) is 2.80. The fourth-order valence-corrected chi connectivity index (χ4v) is 1.76. The third kappa shape index (κ3) is 2.02. The summed E-state index contributed by atoms with van der Waals surface area (Å²) in [6.07, 6.45) is 0.161. The average molecular weight is 311 g/mol. The molecule has 1 atom stereocenters. The lowest BCUT2D eigenvalue weighted by atomic mass is 10.3. The van der Waals surface area contributed by atoms with E-state index in [2.05, 4.69) is 22.6 Å². The lowest BCUT2D eigenvalue weighted by Crippen LogP contribution is -2.30. The molecule has 1 aliphatic rings. The van der Waals surface area contributed by atoms with Crippen molar-refractivity contribution in [2.45, 2.75) is 6.10 Å². The molecule has 2 rings (SSSR count). The Balaban J connectivity index is 2.26. The molecule has 70 valence electrons. The Morgan fingerprint density at radius 2 is 2.31 bits per heavy atom. The van der Waals surface area contributed by atoms with Gasteiger partial charge in [-0.1, -0.05) is 34.2 Å². The molecule has 0 amide bonds. The minimum Gasteiger partial charge on any atom is -0.486 e.